The van der Waals surface area contributed by atoms with Gasteiger partial charge in [-0.3, -0.25) is 4.57 Å². The molecular formula is C31H23N5O10. The Bertz CT molecular complexity index is 2050. The van der Waals surface area contributed by atoms with Gasteiger partial charge in [0.15, 0.2) is 23.3 Å². The van der Waals surface area contributed by atoms with E-state index in [-0.39, 0.29) is 45.6 Å². The maximum Gasteiger partial charge on any atom is 0.340 e. The highest BCUT2D eigenvalue weighted by Gasteiger charge is 2.54. The van der Waals surface area contributed by atoms with Gasteiger partial charge in [-0.1, -0.05) is 6.07 Å². The number of hydrogen-bond donors (Lipinski definition) is 5. The average molecular weight is 626 g/mol. The molecule has 1 saturated heterocycles. The Morgan fingerprint density at radius 2 is 1.63 bits per heavy atom. The molecule has 0 aliphatic carbocycles. The molecule has 0 radical (unpaired) electrons. The Morgan fingerprint density at radius 3 is 2.35 bits per heavy atom. The predicted octanol–water partition coefficient (Wildman–Crippen LogP) is 1.86. The van der Waals surface area contributed by atoms with Gasteiger partial charge < -0.3 is 45.1 Å². The third-order valence-corrected chi connectivity index (χ3v) is 8.39. The van der Waals surface area contributed by atoms with Gasteiger partial charge in [0.1, 0.15) is 59.8 Å². The van der Waals surface area contributed by atoms with Gasteiger partial charge in [-0.15, -0.1) is 0 Å². The third-order valence-electron chi connectivity index (χ3n) is 8.39. The summed E-state index contributed by atoms with van der Waals surface area (Å²) < 4.78 is 24.7. The summed E-state index contributed by atoms with van der Waals surface area (Å²) in [4.78, 5) is 38.7. The second-order valence-corrected chi connectivity index (χ2v) is 11.0. The second kappa shape index (κ2) is 9.87. The van der Waals surface area contributed by atoms with Gasteiger partial charge in [0, 0.05) is 28.8 Å². The van der Waals surface area contributed by atoms with Crippen molar-refractivity contribution >= 4 is 28.9 Å². The summed E-state index contributed by atoms with van der Waals surface area (Å²) in [5.74, 6) is -1.12. The molecule has 8 rings (SSSR count). The van der Waals surface area contributed by atoms with E-state index in [1.165, 1.54) is 53.6 Å². The largest absolute Gasteiger partial charge is 0.508 e. The number of imidazole rings is 1. The minimum atomic E-state index is -1.49. The molecule has 2 aromatic heterocycles. The predicted molar refractivity (Wildman–Crippen MR) is 154 cm³/mol. The van der Waals surface area contributed by atoms with E-state index in [1.54, 1.807) is 18.2 Å². The lowest BCUT2D eigenvalue weighted by molar-refractivity contribution is -0.0565. The summed E-state index contributed by atoms with van der Waals surface area (Å²) in [5, 5.41) is 41.6. The number of benzene rings is 3. The van der Waals surface area contributed by atoms with Gasteiger partial charge >= 0.3 is 11.9 Å². The number of phenols is 2. The Morgan fingerprint density at radius 1 is 0.935 bits per heavy atom. The van der Waals surface area contributed by atoms with E-state index < -0.39 is 48.7 Å². The first-order chi connectivity index (χ1) is 22.2. The lowest BCUT2D eigenvalue weighted by Crippen LogP contribution is -2.34. The molecule has 3 aliphatic heterocycles. The van der Waals surface area contributed by atoms with Crippen molar-refractivity contribution in [3.05, 3.63) is 95.1 Å². The number of nitrogens with two attached hydrogens (primary N) is 1. The van der Waals surface area contributed by atoms with Crippen LogP contribution < -0.4 is 10.5 Å². The fourth-order valence-corrected chi connectivity index (χ4v) is 6.23. The van der Waals surface area contributed by atoms with Crippen LogP contribution in [-0.4, -0.2) is 76.8 Å². The summed E-state index contributed by atoms with van der Waals surface area (Å²) in [6.45, 7) is -0.423. The minimum absolute atomic E-state index is 0.0223. The molecule has 15 heteroatoms. The molecule has 1 fully saturated rings. The zero-order valence-electron chi connectivity index (χ0n) is 23.5. The van der Waals surface area contributed by atoms with E-state index in [2.05, 4.69) is 15.0 Å². The Balaban J connectivity index is 1.06. The van der Waals surface area contributed by atoms with Crippen LogP contribution in [0.1, 0.15) is 43.6 Å². The Labute approximate surface area is 258 Å². The molecule has 1 spiro atoms. The van der Waals surface area contributed by atoms with Gasteiger partial charge in [-0.2, -0.15) is 0 Å². The molecule has 0 bridgehead atoms. The first-order valence-electron chi connectivity index (χ1n) is 14.0. The molecule has 232 valence electrons. The Kier molecular flexibility index (Phi) is 5.95. The first kappa shape index (κ1) is 27.8. The van der Waals surface area contributed by atoms with Crippen molar-refractivity contribution in [1.82, 2.24) is 19.5 Å². The maximum absolute atomic E-state index is 13.4. The summed E-state index contributed by atoms with van der Waals surface area (Å²) in [6, 6.07) is 13.2. The molecule has 5 heterocycles. The fourth-order valence-electron chi connectivity index (χ4n) is 6.23. The maximum atomic E-state index is 13.4. The molecule has 4 atom stereocenters. The van der Waals surface area contributed by atoms with Crippen molar-refractivity contribution in [3.63, 3.8) is 0 Å². The van der Waals surface area contributed by atoms with Crippen molar-refractivity contribution in [2.24, 2.45) is 0 Å². The molecule has 46 heavy (non-hydrogen) atoms. The SMILES string of the molecule is Nc1ncnc2c1ncn2[C@@H]1O[C@H](COC(=O)c2ccc3c(c2)C(=O)OC32c3ccc(O)cc3Oc3cc(O)ccc32)[C@@H](O)[C@H]1O. The van der Waals surface area contributed by atoms with Gasteiger partial charge in [0.2, 0.25) is 0 Å². The van der Waals surface area contributed by atoms with Crippen molar-refractivity contribution in [2.75, 3.05) is 12.3 Å². The zero-order valence-corrected chi connectivity index (χ0v) is 23.5. The van der Waals surface area contributed by atoms with Gasteiger partial charge in [0.05, 0.1) is 17.5 Å². The van der Waals surface area contributed by atoms with Gasteiger partial charge in [-0.05, 0) is 36.4 Å². The van der Waals surface area contributed by atoms with Crippen LogP contribution in [0.4, 0.5) is 5.82 Å². The number of aliphatic hydroxyl groups excluding tert-OH is 2. The van der Waals surface area contributed by atoms with Crippen LogP contribution >= 0.6 is 0 Å². The van der Waals surface area contributed by atoms with Crippen molar-refractivity contribution in [1.29, 1.82) is 0 Å². The van der Waals surface area contributed by atoms with E-state index >= 15 is 0 Å². The second-order valence-electron chi connectivity index (χ2n) is 11.0. The zero-order chi connectivity index (χ0) is 31.9. The monoisotopic (exact) mass is 625 g/mol. The number of rotatable bonds is 4. The van der Waals surface area contributed by atoms with Crippen LogP contribution in [0.3, 0.4) is 0 Å². The van der Waals surface area contributed by atoms with Crippen molar-refractivity contribution in [3.8, 4) is 23.0 Å². The van der Waals surface area contributed by atoms with Crippen LogP contribution in [0.2, 0.25) is 0 Å². The molecular weight excluding hydrogens is 602 g/mol. The lowest BCUT2D eigenvalue weighted by atomic mass is 9.77. The third kappa shape index (κ3) is 3.92. The molecule has 3 aromatic carbocycles. The van der Waals surface area contributed by atoms with Gasteiger partial charge in [-0.25, -0.2) is 24.5 Å². The highest BCUT2D eigenvalue weighted by molar-refractivity contribution is 6.00. The number of hydrogen-bond acceptors (Lipinski definition) is 14. The number of ether oxygens (including phenoxy) is 4. The van der Waals surface area contributed by atoms with Crippen LogP contribution in [-0.2, 0) is 19.8 Å². The summed E-state index contributed by atoms with van der Waals surface area (Å²) in [5.41, 5.74) is 6.33. The van der Waals surface area contributed by atoms with E-state index in [4.69, 9.17) is 24.7 Å². The van der Waals surface area contributed by atoms with E-state index in [0.29, 0.717) is 22.2 Å². The molecule has 0 unspecified atom stereocenters. The van der Waals surface area contributed by atoms with Crippen LogP contribution in [0.15, 0.2) is 67.3 Å². The minimum Gasteiger partial charge on any atom is -0.508 e. The highest BCUT2D eigenvalue weighted by atomic mass is 16.6. The molecule has 6 N–H and O–H groups in total. The number of carbonyl (C=O) groups excluding carboxylic acids is 2. The number of anilines is 1. The van der Waals surface area contributed by atoms with Crippen LogP contribution in [0, 0.1) is 0 Å². The number of aromatic hydroxyl groups is 2. The number of nitrogen functional groups attached to an aromatic ring is 1. The van der Waals surface area contributed by atoms with Crippen LogP contribution in [0.5, 0.6) is 23.0 Å². The number of carbonyl (C=O) groups is 2. The summed E-state index contributed by atoms with van der Waals surface area (Å²) >= 11 is 0. The van der Waals surface area contributed by atoms with E-state index in [9.17, 15) is 30.0 Å². The molecule has 15 nitrogen and oxygen atoms in total. The van der Waals surface area contributed by atoms with Gasteiger partial charge in [0.25, 0.3) is 0 Å². The van der Waals surface area contributed by atoms with Crippen molar-refractivity contribution in [2.45, 2.75) is 30.1 Å². The first-order valence-corrected chi connectivity index (χ1v) is 14.0. The lowest BCUT2D eigenvalue weighted by Gasteiger charge is -2.36. The number of aliphatic hydroxyl groups is 2. The summed E-state index contributed by atoms with van der Waals surface area (Å²) in [6.07, 6.45) is -2.45. The fraction of sp³-hybridized carbons (Fsp3) is 0.194. The number of aromatic nitrogens is 4. The standard InChI is InChI=1S/C31H23N5O10/c32-26-23-27(34-11-33-26)36(12-35-23)28-25(40)24(39)22(45-28)10-43-29(41)13-1-4-17-16(7-13)30(42)46-31(17)18-5-2-14(37)8-20(18)44-21-9-15(38)3-6-19(21)31/h1-9,11-12,22,24-25,28,37-40H,10H2,(H2,32,33,34)/t22-,24-,25-,28-/m1/s1. The topological polar surface area (TPSA) is 222 Å². The van der Waals surface area contributed by atoms with E-state index in [0.717, 1.165) is 0 Å². The highest BCUT2D eigenvalue weighted by Crippen LogP contribution is 2.57. The molecule has 0 saturated carbocycles. The average Bonchev–Trinajstić information content (AvgIpc) is 3.68. The van der Waals surface area contributed by atoms with Crippen LogP contribution in [0.25, 0.3) is 11.2 Å². The molecule has 0 amide bonds. The number of esters is 2. The van der Waals surface area contributed by atoms with E-state index in [1.807, 2.05) is 0 Å². The quantitative estimate of drug-likeness (QED) is 0.180. The number of phenolic OH excluding ortho intramolecular Hbond substituents is 2. The van der Waals surface area contributed by atoms with Crippen molar-refractivity contribution < 1.29 is 49.0 Å². The normalized spacial score (nSPS) is 22.2. The summed E-state index contributed by atoms with van der Waals surface area (Å²) in [7, 11) is 0. The smallest absolute Gasteiger partial charge is 0.340 e. The number of nitrogens with zero attached hydrogens (tertiary/aromatic N) is 4. The molecule has 3 aliphatic rings. The Hall–Kier alpha value is -5.77. The number of fused-ring (bicyclic) bond motifs is 7. The molecule has 5 aromatic rings.